The molecule has 194 valence electrons. The summed E-state index contributed by atoms with van der Waals surface area (Å²) in [7, 11) is -4.42. The third-order valence-corrected chi connectivity index (χ3v) is 7.03. The zero-order valence-corrected chi connectivity index (χ0v) is 19.8. The van der Waals surface area contributed by atoms with E-state index >= 15 is 0 Å². The van der Waals surface area contributed by atoms with E-state index < -0.39 is 38.3 Å². The third kappa shape index (κ3) is 5.88. The van der Waals surface area contributed by atoms with Crippen molar-refractivity contribution in [3.05, 3.63) is 71.6 Å². The molecule has 0 saturated carbocycles. The molecule has 1 aromatic carbocycles. The number of anilines is 3. The van der Waals surface area contributed by atoms with Crippen LogP contribution in [-0.4, -0.2) is 44.6 Å². The largest absolute Gasteiger partial charge is 0.417 e. The number of benzene rings is 1. The second-order valence-electron chi connectivity index (χ2n) is 8.12. The van der Waals surface area contributed by atoms with Crippen molar-refractivity contribution in [1.82, 2.24) is 9.97 Å². The van der Waals surface area contributed by atoms with Gasteiger partial charge in [-0.3, -0.25) is 4.72 Å². The minimum absolute atomic E-state index is 0.0564. The average molecular weight is 539 g/mol. The van der Waals surface area contributed by atoms with Gasteiger partial charge in [-0.05, 0) is 36.8 Å². The van der Waals surface area contributed by atoms with Crippen LogP contribution in [0.5, 0.6) is 0 Å². The molecule has 3 aromatic rings. The summed E-state index contributed by atoms with van der Waals surface area (Å²) < 4.78 is 92.8. The first-order valence-electron chi connectivity index (χ1n) is 10.9. The quantitative estimate of drug-likeness (QED) is 0.487. The fraction of sp³-hybridized carbons (Fsp3) is 0.261. The van der Waals surface area contributed by atoms with E-state index in [9.17, 15) is 35.6 Å². The number of sulfonamides is 1. The van der Waals surface area contributed by atoms with Crippen LogP contribution in [0.15, 0.2) is 53.7 Å². The van der Waals surface area contributed by atoms with Crippen molar-refractivity contribution in [2.45, 2.75) is 17.5 Å². The van der Waals surface area contributed by atoms with Gasteiger partial charge in [0.2, 0.25) is 0 Å². The molecule has 3 heterocycles. The van der Waals surface area contributed by atoms with Gasteiger partial charge in [0.15, 0.2) is 0 Å². The fourth-order valence-corrected chi connectivity index (χ4v) is 4.94. The first-order chi connectivity index (χ1) is 17.5. The van der Waals surface area contributed by atoms with Gasteiger partial charge in [-0.2, -0.15) is 18.4 Å². The van der Waals surface area contributed by atoms with Gasteiger partial charge in [0.25, 0.3) is 10.0 Å². The highest BCUT2D eigenvalue weighted by molar-refractivity contribution is 7.92. The van der Waals surface area contributed by atoms with Crippen LogP contribution in [0, 0.1) is 23.0 Å². The minimum atomic E-state index is -4.48. The number of aromatic nitrogens is 2. The smallest absolute Gasteiger partial charge is 0.355 e. The highest BCUT2D eigenvalue weighted by Gasteiger charge is 2.31. The Morgan fingerprint density at radius 3 is 2.32 bits per heavy atom. The molecule has 2 aromatic heterocycles. The van der Waals surface area contributed by atoms with E-state index in [1.807, 2.05) is 11.0 Å². The summed E-state index contributed by atoms with van der Waals surface area (Å²) >= 11 is 0. The van der Waals surface area contributed by atoms with Crippen molar-refractivity contribution in [2.75, 3.05) is 40.7 Å². The van der Waals surface area contributed by atoms with Crippen LogP contribution in [0.2, 0.25) is 0 Å². The molecule has 0 spiro atoms. The Morgan fingerprint density at radius 2 is 1.68 bits per heavy atom. The maximum absolute atomic E-state index is 14.0. The van der Waals surface area contributed by atoms with Crippen LogP contribution in [-0.2, 0) is 16.2 Å². The second kappa shape index (κ2) is 10.2. The van der Waals surface area contributed by atoms with E-state index in [-0.39, 0.29) is 11.3 Å². The van der Waals surface area contributed by atoms with Crippen molar-refractivity contribution < 1.29 is 30.4 Å². The summed E-state index contributed by atoms with van der Waals surface area (Å²) in [5.74, 6) is -1.52. The molecule has 0 unspecified atom stereocenters. The molecule has 0 aliphatic carbocycles. The number of nitrogens with one attached hydrogen (secondary N) is 1. The number of nitrogens with zero attached hydrogens (tertiary/aromatic N) is 5. The number of rotatable bonds is 5. The summed E-state index contributed by atoms with van der Waals surface area (Å²) in [5.41, 5.74) is -0.872. The van der Waals surface area contributed by atoms with Crippen LogP contribution >= 0.6 is 0 Å². The normalized spacial score (nSPS) is 14.7. The van der Waals surface area contributed by atoms with E-state index in [0.717, 1.165) is 24.4 Å². The van der Waals surface area contributed by atoms with Crippen molar-refractivity contribution in [2.24, 2.45) is 0 Å². The van der Waals surface area contributed by atoms with Crippen molar-refractivity contribution in [3.63, 3.8) is 0 Å². The van der Waals surface area contributed by atoms with E-state index in [4.69, 9.17) is 0 Å². The van der Waals surface area contributed by atoms with Gasteiger partial charge in [0, 0.05) is 38.4 Å². The molecular weight excluding hydrogens is 519 g/mol. The maximum Gasteiger partial charge on any atom is 0.417 e. The number of halogens is 5. The summed E-state index contributed by atoms with van der Waals surface area (Å²) in [6.07, 6.45) is -1.93. The number of hydrogen-bond acceptors (Lipinski definition) is 7. The van der Waals surface area contributed by atoms with Crippen molar-refractivity contribution >= 4 is 27.3 Å². The minimum Gasteiger partial charge on any atom is -0.355 e. The lowest BCUT2D eigenvalue weighted by Gasteiger charge is -2.24. The number of alkyl halides is 3. The van der Waals surface area contributed by atoms with Crippen LogP contribution in [0.4, 0.5) is 39.3 Å². The Bertz CT molecular complexity index is 1440. The Kier molecular flexibility index (Phi) is 7.17. The predicted octanol–water partition coefficient (Wildman–Crippen LogP) is 4.16. The summed E-state index contributed by atoms with van der Waals surface area (Å²) in [6, 6.07) is 7.53. The maximum atomic E-state index is 14.0. The topological polar surface area (TPSA) is 102 Å². The average Bonchev–Trinajstić information content (AvgIpc) is 3.09. The molecule has 1 N–H and O–H groups in total. The molecule has 1 aliphatic heterocycles. The molecule has 4 rings (SSSR count). The SMILES string of the molecule is N#Cc1cc(NS(=O)(=O)c2ccc(F)cc2F)cnc1N1CCCN(c2ccc(C(F)(F)F)cn2)CC1. The molecule has 0 radical (unpaired) electrons. The lowest BCUT2D eigenvalue weighted by atomic mass is 10.2. The van der Waals surface area contributed by atoms with Gasteiger partial charge in [0.05, 0.1) is 23.0 Å². The van der Waals surface area contributed by atoms with Crippen LogP contribution < -0.4 is 14.5 Å². The second-order valence-corrected chi connectivity index (χ2v) is 9.77. The standard InChI is InChI=1S/C23H19F5N6O2S/c24-17-3-4-20(19(25)11-17)37(35,36)32-18-10-15(12-29)22(31-14-18)34-7-1-6-33(8-9-34)21-5-2-16(13-30-21)23(26,27)28/h2-5,10-11,13-14,32H,1,6-9H2. The van der Waals surface area contributed by atoms with Crippen molar-refractivity contribution in [1.29, 1.82) is 5.26 Å². The van der Waals surface area contributed by atoms with Crippen LogP contribution in [0.3, 0.4) is 0 Å². The Morgan fingerprint density at radius 1 is 0.946 bits per heavy atom. The molecule has 1 saturated heterocycles. The first-order valence-corrected chi connectivity index (χ1v) is 12.4. The van der Waals surface area contributed by atoms with E-state index in [2.05, 4.69) is 14.7 Å². The van der Waals surface area contributed by atoms with Gasteiger partial charge < -0.3 is 9.80 Å². The molecule has 0 amide bonds. The predicted molar refractivity (Wildman–Crippen MR) is 124 cm³/mol. The van der Waals surface area contributed by atoms with Gasteiger partial charge in [0.1, 0.15) is 34.2 Å². The third-order valence-electron chi connectivity index (χ3n) is 5.62. The molecule has 1 aliphatic rings. The van der Waals surface area contributed by atoms with E-state index in [1.54, 1.807) is 4.90 Å². The number of hydrogen-bond donors (Lipinski definition) is 1. The molecule has 1 fully saturated rings. The summed E-state index contributed by atoms with van der Waals surface area (Å²) in [4.78, 5) is 11.0. The molecule has 0 atom stereocenters. The fourth-order valence-electron chi connectivity index (χ4n) is 3.85. The Labute approximate surface area is 209 Å². The molecule has 0 bridgehead atoms. The summed E-state index contributed by atoms with van der Waals surface area (Å²) in [5, 5.41) is 9.65. The van der Waals surface area contributed by atoms with Crippen LogP contribution in [0.25, 0.3) is 0 Å². The van der Waals surface area contributed by atoms with Gasteiger partial charge in [-0.1, -0.05) is 0 Å². The lowest BCUT2D eigenvalue weighted by Crippen LogP contribution is -2.32. The highest BCUT2D eigenvalue weighted by atomic mass is 32.2. The van der Waals surface area contributed by atoms with Gasteiger partial charge >= 0.3 is 6.18 Å². The Balaban J connectivity index is 1.49. The van der Waals surface area contributed by atoms with E-state index in [1.165, 1.54) is 18.3 Å². The first kappa shape index (κ1) is 26.1. The molecule has 8 nitrogen and oxygen atoms in total. The van der Waals surface area contributed by atoms with Crippen LogP contribution in [0.1, 0.15) is 17.5 Å². The van der Waals surface area contributed by atoms with Gasteiger partial charge in [-0.25, -0.2) is 27.2 Å². The number of pyridine rings is 2. The zero-order chi connectivity index (χ0) is 26.8. The van der Waals surface area contributed by atoms with Gasteiger partial charge in [-0.15, -0.1) is 0 Å². The lowest BCUT2D eigenvalue weighted by molar-refractivity contribution is -0.137. The van der Waals surface area contributed by atoms with E-state index in [0.29, 0.717) is 50.3 Å². The highest BCUT2D eigenvalue weighted by Crippen LogP contribution is 2.30. The zero-order valence-electron chi connectivity index (χ0n) is 19.0. The number of nitriles is 1. The van der Waals surface area contributed by atoms with Crippen molar-refractivity contribution in [3.8, 4) is 6.07 Å². The monoisotopic (exact) mass is 538 g/mol. The molecule has 37 heavy (non-hydrogen) atoms. The molecule has 14 heteroatoms. The molecular formula is C23H19F5N6O2S. The summed E-state index contributed by atoms with van der Waals surface area (Å²) in [6.45, 7) is 1.75. The Hall–Kier alpha value is -3.99.